The van der Waals surface area contributed by atoms with E-state index < -0.39 is 0 Å². The Morgan fingerprint density at radius 1 is 1.75 bits per heavy atom. The summed E-state index contributed by atoms with van der Waals surface area (Å²) in [6.45, 7) is 0. The topological polar surface area (TPSA) is 23.8 Å². The molecule has 0 N–H and O–H groups in total. The Morgan fingerprint density at radius 2 is 1.75 bits per heavy atom. The van der Waals surface area contributed by atoms with Crippen molar-refractivity contribution in [3.8, 4) is 4.74 Å². The number of hydrogen-bond donors (Lipinski definition) is 0. The molecule has 0 fully saturated rings. The number of nitrogens with zero attached hydrogens (tertiary/aromatic N) is 1. The summed E-state index contributed by atoms with van der Waals surface area (Å²) in [5, 5.41) is 7.32. The summed E-state index contributed by atoms with van der Waals surface area (Å²) in [6.07, 6.45) is 0. The van der Waals surface area contributed by atoms with Crippen LogP contribution in [0.25, 0.3) is 0 Å². The van der Waals surface area contributed by atoms with Crippen molar-refractivity contribution in [1.29, 1.82) is 5.26 Å². The molecule has 0 aromatic heterocycles. The third-order valence-corrected chi connectivity index (χ3v) is 0. The van der Waals surface area contributed by atoms with Crippen LogP contribution in [0.4, 0.5) is 0 Å². The summed E-state index contributed by atoms with van der Waals surface area (Å²) in [4.78, 5) is 0. The van der Waals surface area contributed by atoms with Gasteiger partial charge < -0.3 is 0 Å². The third-order valence-electron chi connectivity index (χ3n) is 0. The monoisotopic (exact) mass is 89.0 g/mol. The predicted octanol–water partition coefficient (Wildman–Crippen LogP) is -0.367. The Hall–Kier alpha value is 0.607. The van der Waals surface area contributed by atoms with Gasteiger partial charge in [0.15, 0.2) is 0 Å². The first-order valence-electron chi connectivity index (χ1n) is 0.724. The molecule has 0 atom stereocenters. The van der Waals surface area contributed by atoms with E-state index in [4.69, 9.17) is 5.26 Å². The molecule has 0 heterocycles. The van der Waals surface area contributed by atoms with Crippen molar-refractivity contribution in [3.05, 3.63) is 0 Å². The summed E-state index contributed by atoms with van der Waals surface area (Å²) in [7, 11) is 0. The zero-order valence-electron chi connectivity index (χ0n) is 2.30. The van der Waals surface area contributed by atoms with Gasteiger partial charge in [0.2, 0.25) is 0 Å². The van der Waals surface area contributed by atoms with Crippen molar-refractivity contribution in [2.45, 2.75) is 0 Å². The van der Waals surface area contributed by atoms with Crippen LogP contribution < -0.4 is 0 Å². The van der Waals surface area contributed by atoms with E-state index in [0.29, 0.717) is 0 Å². The van der Waals surface area contributed by atoms with Crippen LogP contribution >= 0.6 is 0 Å². The number of nitriles is 1. The fourth-order valence-corrected chi connectivity index (χ4v) is 0. The molecule has 0 aliphatic carbocycles. The molecule has 0 bridgehead atoms. The van der Waals surface area contributed by atoms with Gasteiger partial charge >= 0.3 is 27.7 Å². The second-order valence-electron chi connectivity index (χ2n) is 0.224. The first kappa shape index (κ1) is 8.82. The van der Waals surface area contributed by atoms with Gasteiger partial charge in [0.25, 0.3) is 0 Å². The van der Waals surface area contributed by atoms with Crippen molar-refractivity contribution < 1.29 is 17.1 Å². The first-order valence-corrected chi connectivity index (χ1v) is 0.724. The molecule has 0 amide bonds. The average Bonchev–Trinajstić information content (AvgIpc) is 0.918. The van der Waals surface area contributed by atoms with Gasteiger partial charge in [0.05, 0.1) is 0 Å². The zero-order valence-corrected chi connectivity index (χ0v) is 3.40. The molecule has 0 aromatic rings. The van der Waals surface area contributed by atoms with Gasteiger partial charge in [-0.2, -0.15) is 0 Å². The summed E-state index contributed by atoms with van der Waals surface area (Å²) in [5.41, 5.74) is 0. The van der Waals surface area contributed by atoms with Gasteiger partial charge in [-0.25, -0.2) is 0 Å². The number of rotatable bonds is 0. The van der Waals surface area contributed by atoms with Crippen molar-refractivity contribution >= 4 is 17.7 Å². The van der Waals surface area contributed by atoms with E-state index in [1.165, 1.54) is 17.7 Å². The molecule has 0 rings (SSSR count). The van der Waals surface area contributed by atoms with Crippen LogP contribution in [-0.4, -0.2) is 17.7 Å². The van der Waals surface area contributed by atoms with Gasteiger partial charge in [-0.1, -0.05) is 0 Å². The van der Waals surface area contributed by atoms with E-state index in [1.807, 2.05) is 0 Å². The van der Waals surface area contributed by atoms with Crippen LogP contribution in [0.15, 0.2) is 0 Å². The van der Waals surface area contributed by atoms with E-state index in [9.17, 15) is 0 Å². The maximum absolute atomic E-state index is 7.32. The minimum absolute atomic E-state index is 0. The molecule has 0 saturated carbocycles. The van der Waals surface area contributed by atoms with E-state index >= 15 is 0 Å². The zero-order chi connectivity index (χ0) is 2.71. The first-order chi connectivity index (χ1) is 1.41. The summed E-state index contributed by atoms with van der Waals surface area (Å²) >= 11 is 1.43. The Morgan fingerprint density at radius 3 is 1.75 bits per heavy atom. The molecule has 0 aromatic carbocycles. The standard InChI is InChI=1S/CN.Fe.Li/c1-2;;. The maximum atomic E-state index is 7.32. The molecule has 0 aliphatic rings. The molecule has 0 saturated heterocycles. The predicted molar refractivity (Wildman–Crippen MR) is 11.4 cm³/mol. The molecule has 3 heteroatoms. The van der Waals surface area contributed by atoms with Crippen LogP contribution in [0, 0.1) is 10.0 Å². The number of hydrogen-bond acceptors (Lipinski definition) is 1. The molecule has 18 valence electrons. The van der Waals surface area contributed by atoms with Gasteiger partial charge in [-0.05, 0) is 0 Å². The quantitative estimate of drug-likeness (QED) is 0.371. The van der Waals surface area contributed by atoms with Gasteiger partial charge in [-0.3, -0.25) is 0 Å². The Kier molecular flexibility index (Phi) is 20.9. The summed E-state index contributed by atoms with van der Waals surface area (Å²) < 4.78 is 1.75. The van der Waals surface area contributed by atoms with Crippen LogP contribution in [0.1, 0.15) is 0 Å². The van der Waals surface area contributed by atoms with Crippen molar-refractivity contribution in [3.63, 3.8) is 0 Å². The molecular formula is CFeLiN. The van der Waals surface area contributed by atoms with Gasteiger partial charge in [-0.15, -0.1) is 0 Å². The van der Waals surface area contributed by atoms with Crippen molar-refractivity contribution in [1.82, 2.24) is 0 Å². The normalized spacial score (nSPS) is 2.25. The van der Waals surface area contributed by atoms with E-state index in [0.717, 1.165) is 0 Å². The SMILES string of the molecule is [Fe].[Li][C]#N. The fraction of sp³-hybridized carbons (Fsp3) is 0. The molecule has 1 nitrogen and oxygen atoms in total. The van der Waals surface area contributed by atoms with Crippen LogP contribution in [-0.2, 0) is 17.1 Å². The van der Waals surface area contributed by atoms with E-state index in [1.54, 1.807) is 4.74 Å². The third kappa shape index (κ3) is 18.3. The Labute approximate surface area is 45.0 Å². The van der Waals surface area contributed by atoms with Gasteiger partial charge in [0, 0.05) is 17.1 Å². The van der Waals surface area contributed by atoms with Crippen LogP contribution in [0.5, 0.6) is 0 Å². The molecule has 0 radical (unpaired) electrons. The van der Waals surface area contributed by atoms with Crippen molar-refractivity contribution in [2.75, 3.05) is 0 Å². The van der Waals surface area contributed by atoms with Crippen LogP contribution in [0.3, 0.4) is 0 Å². The molecular weight excluding hydrogens is 88.8 g/mol. The molecule has 0 spiro atoms. The second kappa shape index (κ2) is 9.49. The van der Waals surface area contributed by atoms with Crippen molar-refractivity contribution in [2.24, 2.45) is 0 Å². The second-order valence-corrected chi connectivity index (χ2v) is 0.224. The molecule has 4 heavy (non-hydrogen) atoms. The van der Waals surface area contributed by atoms with Crippen LogP contribution in [0.2, 0.25) is 0 Å². The minimum atomic E-state index is 0. The van der Waals surface area contributed by atoms with E-state index in [-0.39, 0.29) is 17.1 Å². The summed E-state index contributed by atoms with van der Waals surface area (Å²) in [5.74, 6) is 0. The Balaban J connectivity index is 0. The summed E-state index contributed by atoms with van der Waals surface area (Å²) in [6, 6.07) is 0. The molecule has 0 unspecified atom stereocenters. The Bertz CT molecular complexity index is 29.5. The molecule has 0 aliphatic heterocycles. The van der Waals surface area contributed by atoms with Gasteiger partial charge in [0.1, 0.15) is 0 Å². The van der Waals surface area contributed by atoms with E-state index in [2.05, 4.69) is 0 Å². The average molecular weight is 88.8 g/mol. The fourth-order valence-electron chi connectivity index (χ4n) is 0.